The number of carbonyl (C=O) groups is 1. The summed E-state index contributed by atoms with van der Waals surface area (Å²) in [5.74, 6) is 0.856. The lowest BCUT2D eigenvalue weighted by molar-refractivity contribution is 0.112. The van der Waals surface area contributed by atoms with Gasteiger partial charge in [-0.15, -0.1) is 0 Å². The van der Waals surface area contributed by atoms with Crippen LogP contribution in [0, 0.1) is 11.3 Å². The second-order valence-electron chi connectivity index (χ2n) is 6.59. The van der Waals surface area contributed by atoms with Crippen molar-refractivity contribution in [1.82, 2.24) is 4.98 Å². The number of pyridine rings is 1. The number of ether oxygens (including phenoxy) is 1. The minimum Gasteiger partial charge on any atom is -0.494 e. The molecule has 1 heterocycles. The molecule has 0 unspecified atom stereocenters. The van der Waals surface area contributed by atoms with Gasteiger partial charge in [-0.05, 0) is 54.4 Å². The zero-order chi connectivity index (χ0) is 20.2. The van der Waals surface area contributed by atoms with Crippen LogP contribution in [0.3, 0.4) is 0 Å². The normalized spacial score (nSPS) is 10.5. The highest BCUT2D eigenvalue weighted by molar-refractivity contribution is 5.98. The molecular formula is C25H18N2O2. The maximum absolute atomic E-state index is 11.6. The largest absolute Gasteiger partial charge is 0.494 e. The molecule has 0 atom stereocenters. The third-order valence-corrected chi connectivity index (χ3v) is 4.78. The van der Waals surface area contributed by atoms with E-state index < -0.39 is 0 Å². The molecule has 0 fully saturated rings. The zero-order valence-electron chi connectivity index (χ0n) is 15.9. The second kappa shape index (κ2) is 7.95. The lowest BCUT2D eigenvalue weighted by Crippen LogP contribution is -1.92. The smallest absolute Gasteiger partial charge is 0.150 e. The SMILES string of the molecule is CCOc1ccc(-c2ccc(-c3cc(C=O)c4cc(C#N)ccc4n3)cc2)cc1. The Morgan fingerprint density at radius 2 is 1.59 bits per heavy atom. The maximum Gasteiger partial charge on any atom is 0.150 e. The fraction of sp³-hybridized carbons (Fsp3) is 0.0800. The fourth-order valence-electron chi connectivity index (χ4n) is 3.31. The quantitative estimate of drug-likeness (QED) is 0.421. The summed E-state index contributed by atoms with van der Waals surface area (Å²) in [5.41, 5.74) is 5.57. The van der Waals surface area contributed by atoms with Crippen molar-refractivity contribution in [3.8, 4) is 34.2 Å². The van der Waals surface area contributed by atoms with Gasteiger partial charge in [-0.1, -0.05) is 36.4 Å². The Hall–Kier alpha value is -3.97. The molecule has 4 heteroatoms. The monoisotopic (exact) mass is 378 g/mol. The molecule has 0 N–H and O–H groups in total. The molecule has 0 aliphatic heterocycles. The van der Waals surface area contributed by atoms with Crippen molar-refractivity contribution in [2.75, 3.05) is 6.61 Å². The van der Waals surface area contributed by atoms with Crippen LogP contribution in [0.4, 0.5) is 0 Å². The second-order valence-corrected chi connectivity index (χ2v) is 6.59. The lowest BCUT2D eigenvalue weighted by Gasteiger charge is -2.08. The molecule has 0 saturated carbocycles. The highest BCUT2D eigenvalue weighted by atomic mass is 16.5. The third kappa shape index (κ3) is 3.71. The minimum absolute atomic E-state index is 0.509. The Bertz CT molecular complexity index is 1220. The van der Waals surface area contributed by atoms with Crippen LogP contribution in [0.1, 0.15) is 22.8 Å². The van der Waals surface area contributed by atoms with E-state index in [1.54, 1.807) is 24.3 Å². The Morgan fingerprint density at radius 1 is 0.931 bits per heavy atom. The van der Waals surface area contributed by atoms with E-state index in [9.17, 15) is 4.79 Å². The van der Waals surface area contributed by atoms with Crippen LogP contribution in [-0.4, -0.2) is 17.9 Å². The molecule has 0 amide bonds. The maximum atomic E-state index is 11.6. The van der Waals surface area contributed by atoms with Gasteiger partial charge in [-0.25, -0.2) is 4.98 Å². The molecular weight excluding hydrogens is 360 g/mol. The van der Waals surface area contributed by atoms with E-state index in [2.05, 4.69) is 11.1 Å². The van der Waals surface area contributed by atoms with Crippen molar-refractivity contribution in [2.45, 2.75) is 6.92 Å². The van der Waals surface area contributed by atoms with E-state index >= 15 is 0 Å². The lowest BCUT2D eigenvalue weighted by atomic mass is 10.0. The van der Waals surface area contributed by atoms with Gasteiger partial charge in [0.1, 0.15) is 5.75 Å². The number of nitrogens with zero attached hydrogens (tertiary/aromatic N) is 2. The third-order valence-electron chi connectivity index (χ3n) is 4.78. The summed E-state index contributed by atoms with van der Waals surface area (Å²) in [7, 11) is 0. The highest BCUT2D eigenvalue weighted by Crippen LogP contribution is 2.28. The van der Waals surface area contributed by atoms with Gasteiger partial charge in [0.2, 0.25) is 0 Å². The number of fused-ring (bicyclic) bond motifs is 1. The van der Waals surface area contributed by atoms with Crippen LogP contribution in [0.5, 0.6) is 5.75 Å². The highest BCUT2D eigenvalue weighted by Gasteiger charge is 2.09. The van der Waals surface area contributed by atoms with Gasteiger partial charge in [0, 0.05) is 16.5 Å². The van der Waals surface area contributed by atoms with E-state index in [1.165, 1.54) is 0 Å². The van der Waals surface area contributed by atoms with Crippen LogP contribution in [0.2, 0.25) is 0 Å². The number of carbonyl (C=O) groups excluding carboxylic acids is 1. The molecule has 0 spiro atoms. The van der Waals surface area contributed by atoms with Crippen LogP contribution in [0.25, 0.3) is 33.3 Å². The summed E-state index contributed by atoms with van der Waals surface area (Å²) in [6, 6.07) is 25.1. The standard InChI is InChI=1S/C25H18N2O2/c1-2-29-22-10-8-19(9-11-22)18-4-6-20(7-5-18)25-14-21(16-28)23-13-17(15-26)3-12-24(23)27-25/h3-14,16H,2H2,1H3. The molecule has 4 rings (SSSR count). The Morgan fingerprint density at radius 3 is 2.21 bits per heavy atom. The van der Waals surface area contributed by atoms with Gasteiger partial charge < -0.3 is 4.74 Å². The first-order chi connectivity index (χ1) is 14.2. The number of aromatic nitrogens is 1. The number of aldehydes is 1. The molecule has 0 saturated heterocycles. The van der Waals surface area contributed by atoms with E-state index in [0.29, 0.717) is 28.6 Å². The molecule has 29 heavy (non-hydrogen) atoms. The van der Waals surface area contributed by atoms with Gasteiger partial charge >= 0.3 is 0 Å². The molecule has 0 aliphatic rings. The van der Waals surface area contributed by atoms with E-state index in [-0.39, 0.29) is 0 Å². The molecule has 3 aromatic carbocycles. The molecule has 0 bridgehead atoms. The number of hydrogen-bond acceptors (Lipinski definition) is 4. The van der Waals surface area contributed by atoms with Crippen LogP contribution in [0.15, 0.2) is 72.8 Å². The predicted molar refractivity (Wildman–Crippen MR) is 114 cm³/mol. The van der Waals surface area contributed by atoms with Crippen molar-refractivity contribution in [3.05, 3.63) is 83.9 Å². The average Bonchev–Trinajstić information content (AvgIpc) is 2.79. The number of nitriles is 1. The average molecular weight is 378 g/mol. The van der Waals surface area contributed by atoms with Gasteiger partial charge in [0.05, 0.1) is 29.5 Å². The van der Waals surface area contributed by atoms with Crippen molar-refractivity contribution in [2.24, 2.45) is 0 Å². The first-order valence-electron chi connectivity index (χ1n) is 9.35. The van der Waals surface area contributed by atoms with Crippen LogP contribution in [-0.2, 0) is 0 Å². The topological polar surface area (TPSA) is 63.0 Å². The summed E-state index contributed by atoms with van der Waals surface area (Å²) in [4.78, 5) is 16.3. The number of benzene rings is 3. The molecule has 1 aromatic heterocycles. The zero-order valence-corrected chi connectivity index (χ0v) is 15.9. The van der Waals surface area contributed by atoms with Crippen molar-refractivity contribution in [1.29, 1.82) is 5.26 Å². The summed E-state index contributed by atoms with van der Waals surface area (Å²) in [5, 5.41) is 9.78. The Labute approximate surface area is 169 Å². The van der Waals surface area contributed by atoms with Crippen molar-refractivity contribution >= 4 is 17.2 Å². The van der Waals surface area contributed by atoms with Crippen molar-refractivity contribution in [3.63, 3.8) is 0 Å². The minimum atomic E-state index is 0.509. The number of rotatable bonds is 5. The molecule has 140 valence electrons. The Kier molecular flexibility index (Phi) is 5.05. The van der Waals surface area contributed by atoms with E-state index in [0.717, 1.165) is 34.4 Å². The first-order valence-corrected chi connectivity index (χ1v) is 9.35. The summed E-state index contributed by atoms with van der Waals surface area (Å²) >= 11 is 0. The van der Waals surface area contributed by atoms with Crippen LogP contribution >= 0.6 is 0 Å². The predicted octanol–water partition coefficient (Wildman–Crippen LogP) is 5.65. The molecule has 0 radical (unpaired) electrons. The van der Waals surface area contributed by atoms with Crippen molar-refractivity contribution < 1.29 is 9.53 Å². The van der Waals surface area contributed by atoms with E-state index in [4.69, 9.17) is 10.00 Å². The molecule has 4 nitrogen and oxygen atoms in total. The van der Waals surface area contributed by atoms with Gasteiger partial charge in [0.15, 0.2) is 6.29 Å². The van der Waals surface area contributed by atoms with E-state index in [1.807, 2.05) is 55.5 Å². The molecule has 4 aromatic rings. The van der Waals surface area contributed by atoms with Crippen LogP contribution < -0.4 is 4.74 Å². The fourth-order valence-corrected chi connectivity index (χ4v) is 3.31. The number of hydrogen-bond donors (Lipinski definition) is 0. The summed E-state index contributed by atoms with van der Waals surface area (Å²) in [6.45, 7) is 2.61. The first kappa shape index (κ1) is 18.4. The Balaban J connectivity index is 1.69. The van der Waals surface area contributed by atoms with Gasteiger partial charge in [-0.2, -0.15) is 5.26 Å². The molecule has 0 aliphatic carbocycles. The summed E-state index contributed by atoms with van der Waals surface area (Å²) < 4.78 is 5.49. The van der Waals surface area contributed by atoms with Gasteiger partial charge in [-0.3, -0.25) is 4.79 Å². The van der Waals surface area contributed by atoms with Gasteiger partial charge in [0.25, 0.3) is 0 Å². The summed E-state index contributed by atoms with van der Waals surface area (Å²) in [6.07, 6.45) is 0.808.